The van der Waals surface area contributed by atoms with E-state index in [0.29, 0.717) is 5.92 Å². The minimum atomic E-state index is 0.463. The van der Waals surface area contributed by atoms with Gasteiger partial charge in [-0.25, -0.2) is 0 Å². The van der Waals surface area contributed by atoms with Gasteiger partial charge in [-0.05, 0) is 60.1 Å². The van der Waals surface area contributed by atoms with E-state index in [4.69, 9.17) is 4.74 Å². The van der Waals surface area contributed by atoms with Crippen LogP contribution in [0.5, 0.6) is 5.75 Å². The SMILES string of the molecule is COc1ccc(C[C@@H](C/C=C/c2ccccc2)c2ccccc2C)cc1. The van der Waals surface area contributed by atoms with Crippen LogP contribution in [0.3, 0.4) is 0 Å². The van der Waals surface area contributed by atoms with Crippen LogP contribution in [0.15, 0.2) is 84.9 Å². The number of aryl methyl sites for hydroxylation is 1. The summed E-state index contributed by atoms with van der Waals surface area (Å²) in [5, 5.41) is 0. The van der Waals surface area contributed by atoms with Crippen LogP contribution in [0.1, 0.15) is 34.6 Å². The molecule has 0 aliphatic rings. The maximum absolute atomic E-state index is 5.28. The Labute approximate surface area is 157 Å². The third-order valence-electron chi connectivity index (χ3n) is 4.80. The van der Waals surface area contributed by atoms with Crippen molar-refractivity contribution in [2.24, 2.45) is 0 Å². The molecule has 0 saturated heterocycles. The highest BCUT2D eigenvalue weighted by Gasteiger charge is 2.13. The minimum absolute atomic E-state index is 0.463. The Bertz CT molecular complexity index is 832. The molecule has 26 heavy (non-hydrogen) atoms. The van der Waals surface area contributed by atoms with Crippen LogP contribution in [0, 0.1) is 6.92 Å². The largest absolute Gasteiger partial charge is 0.497 e. The number of methoxy groups -OCH3 is 1. The molecule has 132 valence electrons. The normalized spacial score (nSPS) is 12.2. The highest BCUT2D eigenvalue weighted by Crippen LogP contribution is 2.28. The van der Waals surface area contributed by atoms with E-state index in [2.05, 4.69) is 85.8 Å². The van der Waals surface area contributed by atoms with Crippen LogP contribution in [0.4, 0.5) is 0 Å². The molecule has 1 nitrogen and oxygen atoms in total. The van der Waals surface area contributed by atoms with Crippen molar-refractivity contribution in [1.29, 1.82) is 0 Å². The lowest BCUT2D eigenvalue weighted by atomic mass is 9.86. The summed E-state index contributed by atoms with van der Waals surface area (Å²) in [4.78, 5) is 0. The van der Waals surface area contributed by atoms with Gasteiger partial charge in [0.05, 0.1) is 7.11 Å². The molecule has 0 unspecified atom stereocenters. The quantitative estimate of drug-likeness (QED) is 0.480. The molecular formula is C25H26O. The zero-order chi connectivity index (χ0) is 18.2. The maximum Gasteiger partial charge on any atom is 0.118 e. The fraction of sp³-hybridized carbons (Fsp3) is 0.200. The van der Waals surface area contributed by atoms with E-state index in [9.17, 15) is 0 Å². The van der Waals surface area contributed by atoms with Gasteiger partial charge in [-0.2, -0.15) is 0 Å². The van der Waals surface area contributed by atoms with Crippen LogP contribution < -0.4 is 4.74 Å². The Kier molecular flexibility index (Phi) is 6.27. The number of ether oxygens (including phenoxy) is 1. The van der Waals surface area contributed by atoms with Gasteiger partial charge in [0, 0.05) is 0 Å². The molecule has 0 aliphatic carbocycles. The highest BCUT2D eigenvalue weighted by molar-refractivity contribution is 5.49. The second kappa shape index (κ2) is 9.05. The van der Waals surface area contributed by atoms with E-state index in [1.807, 2.05) is 12.1 Å². The van der Waals surface area contributed by atoms with E-state index in [-0.39, 0.29) is 0 Å². The van der Waals surface area contributed by atoms with Crippen molar-refractivity contribution in [3.8, 4) is 5.75 Å². The Morgan fingerprint density at radius 1 is 0.846 bits per heavy atom. The van der Waals surface area contributed by atoms with Gasteiger partial charge in [0.1, 0.15) is 5.75 Å². The molecule has 0 aliphatic heterocycles. The van der Waals surface area contributed by atoms with Gasteiger partial charge in [-0.1, -0.05) is 78.9 Å². The van der Waals surface area contributed by atoms with Crippen molar-refractivity contribution in [3.63, 3.8) is 0 Å². The molecule has 1 heteroatoms. The zero-order valence-corrected chi connectivity index (χ0v) is 15.6. The summed E-state index contributed by atoms with van der Waals surface area (Å²) in [6, 6.07) is 27.7. The van der Waals surface area contributed by atoms with E-state index >= 15 is 0 Å². The molecule has 0 saturated carbocycles. The van der Waals surface area contributed by atoms with Crippen LogP contribution in [0.25, 0.3) is 6.08 Å². The summed E-state index contributed by atoms with van der Waals surface area (Å²) in [5.74, 6) is 1.37. The van der Waals surface area contributed by atoms with Gasteiger partial charge in [0.2, 0.25) is 0 Å². The van der Waals surface area contributed by atoms with E-state index in [1.54, 1.807) is 7.11 Å². The second-order valence-electron chi connectivity index (χ2n) is 6.65. The van der Waals surface area contributed by atoms with Gasteiger partial charge in [0.15, 0.2) is 0 Å². The fourth-order valence-corrected chi connectivity index (χ4v) is 3.34. The van der Waals surface area contributed by atoms with E-state index in [1.165, 1.54) is 22.3 Å². The molecule has 0 aromatic heterocycles. The Balaban J connectivity index is 1.79. The summed E-state index contributed by atoms with van der Waals surface area (Å²) < 4.78 is 5.28. The van der Waals surface area contributed by atoms with Crippen LogP contribution in [0.2, 0.25) is 0 Å². The maximum atomic E-state index is 5.28. The molecule has 0 radical (unpaired) electrons. The van der Waals surface area contributed by atoms with Crippen molar-refractivity contribution < 1.29 is 4.74 Å². The zero-order valence-electron chi connectivity index (χ0n) is 15.6. The first-order chi connectivity index (χ1) is 12.8. The smallest absolute Gasteiger partial charge is 0.118 e. The van der Waals surface area contributed by atoms with Crippen molar-refractivity contribution >= 4 is 6.08 Å². The summed E-state index contributed by atoms with van der Waals surface area (Å²) in [6.45, 7) is 2.21. The first-order valence-electron chi connectivity index (χ1n) is 9.16. The van der Waals surface area contributed by atoms with Gasteiger partial charge in [-0.3, -0.25) is 0 Å². The number of benzene rings is 3. The third kappa shape index (κ3) is 4.86. The van der Waals surface area contributed by atoms with E-state index < -0.39 is 0 Å². The summed E-state index contributed by atoms with van der Waals surface area (Å²) >= 11 is 0. The van der Waals surface area contributed by atoms with Crippen molar-refractivity contribution in [2.45, 2.75) is 25.7 Å². The lowest BCUT2D eigenvalue weighted by Gasteiger charge is -2.18. The molecule has 0 N–H and O–H groups in total. The van der Waals surface area contributed by atoms with Crippen molar-refractivity contribution in [3.05, 3.63) is 107 Å². The molecule has 0 fully saturated rings. The fourth-order valence-electron chi connectivity index (χ4n) is 3.34. The Morgan fingerprint density at radius 2 is 1.54 bits per heavy atom. The van der Waals surface area contributed by atoms with Crippen molar-refractivity contribution in [1.82, 2.24) is 0 Å². The van der Waals surface area contributed by atoms with Gasteiger partial charge in [0.25, 0.3) is 0 Å². The predicted octanol–water partition coefficient (Wildman–Crippen LogP) is 6.43. The summed E-state index contributed by atoms with van der Waals surface area (Å²) in [7, 11) is 1.71. The van der Waals surface area contributed by atoms with Crippen LogP contribution >= 0.6 is 0 Å². The summed E-state index contributed by atoms with van der Waals surface area (Å²) in [6.07, 6.45) is 6.56. The molecule has 3 aromatic rings. The summed E-state index contributed by atoms with van der Waals surface area (Å²) in [5.41, 5.74) is 5.38. The van der Waals surface area contributed by atoms with Gasteiger partial charge < -0.3 is 4.74 Å². The molecule has 1 atom stereocenters. The molecule has 0 bridgehead atoms. The number of hydrogen-bond acceptors (Lipinski definition) is 1. The van der Waals surface area contributed by atoms with E-state index in [0.717, 1.165) is 18.6 Å². The average Bonchev–Trinajstić information content (AvgIpc) is 2.69. The average molecular weight is 342 g/mol. The topological polar surface area (TPSA) is 9.23 Å². The van der Waals surface area contributed by atoms with Crippen molar-refractivity contribution in [2.75, 3.05) is 7.11 Å². The highest BCUT2D eigenvalue weighted by atomic mass is 16.5. The van der Waals surface area contributed by atoms with Gasteiger partial charge in [-0.15, -0.1) is 0 Å². The monoisotopic (exact) mass is 342 g/mol. The van der Waals surface area contributed by atoms with Crippen LogP contribution in [-0.4, -0.2) is 7.11 Å². The molecular weight excluding hydrogens is 316 g/mol. The predicted molar refractivity (Wildman–Crippen MR) is 111 cm³/mol. The van der Waals surface area contributed by atoms with Gasteiger partial charge >= 0.3 is 0 Å². The number of allylic oxidation sites excluding steroid dienone is 1. The Morgan fingerprint density at radius 3 is 2.23 bits per heavy atom. The minimum Gasteiger partial charge on any atom is -0.497 e. The molecule has 0 heterocycles. The lowest BCUT2D eigenvalue weighted by molar-refractivity contribution is 0.414. The Hall–Kier alpha value is -2.80. The lowest BCUT2D eigenvalue weighted by Crippen LogP contribution is -2.04. The standard InChI is InChI=1S/C25H26O/c1-20-9-6-7-14-25(20)23(13-8-12-21-10-4-3-5-11-21)19-22-15-17-24(26-2)18-16-22/h3-12,14-18,23H,13,19H2,1-2H3/b12-8+/t23-/m1/s1. The number of hydrogen-bond donors (Lipinski definition) is 0. The molecule has 3 aromatic carbocycles. The second-order valence-corrected chi connectivity index (χ2v) is 6.65. The molecule has 0 spiro atoms. The first kappa shape index (κ1) is 18.0. The first-order valence-corrected chi connectivity index (χ1v) is 9.16. The number of rotatable bonds is 7. The molecule has 0 amide bonds. The molecule has 3 rings (SSSR count). The third-order valence-corrected chi connectivity index (χ3v) is 4.80. The van der Waals surface area contributed by atoms with Crippen LogP contribution in [-0.2, 0) is 6.42 Å².